The summed E-state index contributed by atoms with van der Waals surface area (Å²) >= 11 is 1.93. The summed E-state index contributed by atoms with van der Waals surface area (Å²) in [7, 11) is 0. The summed E-state index contributed by atoms with van der Waals surface area (Å²) in [6.07, 6.45) is 1.13. The fourth-order valence-electron chi connectivity index (χ4n) is 2.44. The highest BCUT2D eigenvalue weighted by atomic mass is 32.1. The fraction of sp³-hybridized carbons (Fsp3) is 0.294. The van der Waals surface area contributed by atoms with E-state index in [1.165, 1.54) is 31.3 Å². The van der Waals surface area contributed by atoms with E-state index in [0.717, 1.165) is 6.42 Å². The van der Waals surface area contributed by atoms with Crippen molar-refractivity contribution in [3.05, 3.63) is 46.8 Å². The molecular formula is C17H18S. The Hall–Kier alpha value is -1.34. The Bertz CT molecular complexity index is 704. The maximum Gasteiger partial charge on any atom is 0.0352 e. The van der Waals surface area contributed by atoms with E-state index >= 15 is 0 Å². The lowest BCUT2D eigenvalue weighted by Crippen LogP contribution is -1.86. The van der Waals surface area contributed by atoms with Gasteiger partial charge in [0.05, 0.1) is 0 Å². The third-order valence-corrected chi connectivity index (χ3v) is 4.85. The molecule has 1 aromatic heterocycles. The van der Waals surface area contributed by atoms with Gasteiger partial charge in [0, 0.05) is 15.0 Å². The molecule has 0 aliphatic carbocycles. The molecule has 0 unspecified atom stereocenters. The molecule has 18 heavy (non-hydrogen) atoms. The minimum Gasteiger partial charge on any atom is -0.140 e. The van der Waals surface area contributed by atoms with Gasteiger partial charge in [0.1, 0.15) is 0 Å². The van der Waals surface area contributed by atoms with Crippen molar-refractivity contribution >= 4 is 32.2 Å². The Balaban J connectivity index is 2.35. The van der Waals surface area contributed by atoms with Crippen LogP contribution in [-0.4, -0.2) is 0 Å². The summed E-state index contributed by atoms with van der Waals surface area (Å²) < 4.78 is 1.42. The van der Waals surface area contributed by atoms with Crippen LogP contribution in [0.3, 0.4) is 0 Å². The molecule has 1 heteroatoms. The molecule has 0 fully saturated rings. The first-order valence-corrected chi connectivity index (χ1v) is 7.45. The van der Waals surface area contributed by atoms with Gasteiger partial charge in [0.15, 0.2) is 0 Å². The Morgan fingerprint density at radius 1 is 1.00 bits per heavy atom. The van der Waals surface area contributed by atoms with Crippen LogP contribution < -0.4 is 0 Å². The summed E-state index contributed by atoms with van der Waals surface area (Å²) in [4.78, 5) is 1.48. The van der Waals surface area contributed by atoms with Crippen LogP contribution in [0, 0.1) is 0 Å². The van der Waals surface area contributed by atoms with Gasteiger partial charge in [-0.3, -0.25) is 0 Å². The molecule has 0 saturated heterocycles. The molecule has 0 amide bonds. The molecule has 0 nitrogen and oxygen atoms in total. The van der Waals surface area contributed by atoms with Gasteiger partial charge in [0.25, 0.3) is 0 Å². The van der Waals surface area contributed by atoms with Gasteiger partial charge >= 0.3 is 0 Å². The van der Waals surface area contributed by atoms with Gasteiger partial charge in [-0.25, -0.2) is 0 Å². The van der Waals surface area contributed by atoms with Crippen molar-refractivity contribution < 1.29 is 0 Å². The highest BCUT2D eigenvalue weighted by Crippen LogP contribution is 2.33. The predicted molar refractivity (Wildman–Crippen MR) is 82.8 cm³/mol. The fourth-order valence-corrected chi connectivity index (χ4v) is 3.46. The Labute approximate surface area is 112 Å². The first-order chi connectivity index (χ1) is 8.69. The van der Waals surface area contributed by atoms with Gasteiger partial charge < -0.3 is 0 Å². The number of aryl methyl sites for hydroxylation is 1. The van der Waals surface area contributed by atoms with E-state index in [2.05, 4.69) is 57.2 Å². The van der Waals surface area contributed by atoms with E-state index in [1.807, 2.05) is 11.3 Å². The second kappa shape index (κ2) is 4.40. The summed E-state index contributed by atoms with van der Waals surface area (Å²) in [5.74, 6) is 0.592. The van der Waals surface area contributed by atoms with E-state index in [-0.39, 0.29) is 0 Å². The molecule has 0 N–H and O–H groups in total. The van der Waals surface area contributed by atoms with Gasteiger partial charge in [-0.2, -0.15) is 0 Å². The van der Waals surface area contributed by atoms with Crippen LogP contribution >= 0.6 is 11.3 Å². The molecule has 2 aromatic carbocycles. The smallest absolute Gasteiger partial charge is 0.0352 e. The first-order valence-electron chi connectivity index (χ1n) is 6.64. The summed E-state index contributed by atoms with van der Waals surface area (Å²) in [5.41, 5.74) is 1.43. The van der Waals surface area contributed by atoms with E-state index < -0.39 is 0 Å². The molecule has 0 saturated carbocycles. The number of hydrogen-bond acceptors (Lipinski definition) is 1. The van der Waals surface area contributed by atoms with Gasteiger partial charge in [-0.15, -0.1) is 11.3 Å². The lowest BCUT2D eigenvalue weighted by atomic mass is 9.98. The minimum atomic E-state index is 0.592. The molecule has 0 radical (unpaired) electrons. The van der Waals surface area contributed by atoms with Gasteiger partial charge in [0.2, 0.25) is 0 Å². The van der Waals surface area contributed by atoms with Crippen molar-refractivity contribution in [2.45, 2.75) is 33.1 Å². The predicted octanol–water partition coefficient (Wildman–Crippen LogP) is 5.74. The molecule has 92 valence electrons. The van der Waals surface area contributed by atoms with E-state index in [0.29, 0.717) is 5.92 Å². The Morgan fingerprint density at radius 3 is 2.50 bits per heavy atom. The van der Waals surface area contributed by atoms with Crippen LogP contribution in [0.4, 0.5) is 0 Å². The molecule has 0 bridgehead atoms. The molecule has 0 spiro atoms. The highest BCUT2D eigenvalue weighted by molar-refractivity contribution is 7.19. The average Bonchev–Trinajstić information content (AvgIpc) is 2.81. The zero-order chi connectivity index (χ0) is 12.7. The van der Waals surface area contributed by atoms with Gasteiger partial charge in [-0.1, -0.05) is 45.0 Å². The third-order valence-electron chi connectivity index (χ3n) is 3.61. The topological polar surface area (TPSA) is 0 Å². The number of rotatable bonds is 2. The average molecular weight is 254 g/mol. The van der Waals surface area contributed by atoms with Crippen molar-refractivity contribution in [2.75, 3.05) is 0 Å². The molecule has 3 aromatic rings. The zero-order valence-corrected chi connectivity index (χ0v) is 12.0. The zero-order valence-electron chi connectivity index (χ0n) is 11.2. The van der Waals surface area contributed by atoms with Crippen LogP contribution in [0.2, 0.25) is 0 Å². The number of thiophene rings is 1. The summed E-state index contributed by atoms with van der Waals surface area (Å²) in [5, 5.41) is 4.19. The first kappa shape index (κ1) is 11.7. The summed E-state index contributed by atoms with van der Waals surface area (Å²) in [6.45, 7) is 6.74. The third kappa shape index (κ3) is 1.83. The van der Waals surface area contributed by atoms with Crippen molar-refractivity contribution in [3.8, 4) is 0 Å². The maximum atomic E-state index is 2.37. The standard InChI is InChI=1S/C17H18S/c1-4-14-10-16-15-9-13(11(2)3)6-5-12(15)7-8-17(16)18-14/h5-11H,4H2,1-3H3. The van der Waals surface area contributed by atoms with E-state index in [1.54, 1.807) is 0 Å². The number of fused-ring (bicyclic) bond motifs is 3. The van der Waals surface area contributed by atoms with Crippen molar-refractivity contribution in [3.63, 3.8) is 0 Å². The second-order valence-electron chi connectivity index (χ2n) is 5.18. The van der Waals surface area contributed by atoms with Crippen LogP contribution in [-0.2, 0) is 6.42 Å². The van der Waals surface area contributed by atoms with Crippen LogP contribution in [0.25, 0.3) is 20.9 Å². The second-order valence-corrected chi connectivity index (χ2v) is 6.35. The van der Waals surface area contributed by atoms with E-state index in [9.17, 15) is 0 Å². The Morgan fingerprint density at radius 2 is 1.78 bits per heavy atom. The molecule has 0 atom stereocenters. The quantitative estimate of drug-likeness (QED) is 0.547. The highest BCUT2D eigenvalue weighted by Gasteiger charge is 2.07. The molecular weight excluding hydrogens is 236 g/mol. The molecule has 3 rings (SSSR count). The number of hydrogen-bond donors (Lipinski definition) is 0. The largest absolute Gasteiger partial charge is 0.140 e. The van der Waals surface area contributed by atoms with Crippen molar-refractivity contribution in [1.82, 2.24) is 0 Å². The molecule has 0 aliphatic rings. The summed E-state index contributed by atoms with van der Waals surface area (Å²) in [6, 6.07) is 13.8. The lowest BCUT2D eigenvalue weighted by Gasteiger charge is -2.07. The monoisotopic (exact) mass is 254 g/mol. The molecule has 1 heterocycles. The lowest BCUT2D eigenvalue weighted by molar-refractivity contribution is 0.869. The normalized spacial score (nSPS) is 11.8. The number of benzene rings is 2. The van der Waals surface area contributed by atoms with Crippen LogP contribution in [0.15, 0.2) is 36.4 Å². The SMILES string of the molecule is CCc1cc2c(ccc3ccc(C(C)C)cc32)s1. The van der Waals surface area contributed by atoms with Crippen molar-refractivity contribution in [2.24, 2.45) is 0 Å². The van der Waals surface area contributed by atoms with Crippen LogP contribution in [0.5, 0.6) is 0 Å². The molecule has 0 aliphatic heterocycles. The van der Waals surface area contributed by atoms with Crippen molar-refractivity contribution in [1.29, 1.82) is 0 Å². The van der Waals surface area contributed by atoms with Crippen LogP contribution in [0.1, 0.15) is 37.1 Å². The minimum absolute atomic E-state index is 0.592. The maximum absolute atomic E-state index is 2.37. The Kier molecular flexibility index (Phi) is 2.87. The van der Waals surface area contributed by atoms with E-state index in [4.69, 9.17) is 0 Å². The van der Waals surface area contributed by atoms with Gasteiger partial charge in [-0.05, 0) is 40.8 Å².